The third kappa shape index (κ3) is 3.25. The first-order valence-corrected chi connectivity index (χ1v) is 6.56. The molecule has 3 nitrogen and oxygen atoms in total. The fourth-order valence-corrected chi connectivity index (χ4v) is 2.35. The number of hydrogen-bond acceptors (Lipinski definition) is 4. The van der Waals surface area contributed by atoms with Crippen molar-refractivity contribution >= 4 is 21.6 Å². The average Bonchev–Trinajstić information content (AvgIpc) is 2.68. The lowest BCUT2D eigenvalue weighted by Gasteiger charge is -2.21. The number of benzene rings is 1. The Labute approximate surface area is 106 Å². The van der Waals surface area contributed by atoms with Gasteiger partial charge in [-0.05, 0) is 39.8 Å². The zero-order valence-corrected chi connectivity index (χ0v) is 11.5. The minimum Gasteiger partial charge on any atom is -0.295 e. The molecule has 1 aromatic heterocycles. The first-order valence-electron chi connectivity index (χ1n) is 5.75. The van der Waals surface area contributed by atoms with Gasteiger partial charge in [-0.1, -0.05) is 12.1 Å². The Morgan fingerprint density at radius 2 is 2.00 bits per heavy atom. The summed E-state index contributed by atoms with van der Waals surface area (Å²) in [6, 6.07) is 8.27. The van der Waals surface area contributed by atoms with Gasteiger partial charge in [0.2, 0.25) is 0 Å². The van der Waals surface area contributed by atoms with Crippen molar-refractivity contribution in [2.75, 3.05) is 0 Å². The fraction of sp³-hybridized carbons (Fsp3) is 0.462. The summed E-state index contributed by atoms with van der Waals surface area (Å²) in [5.41, 5.74) is 3.91. The van der Waals surface area contributed by atoms with Gasteiger partial charge in [0.1, 0.15) is 5.01 Å². The number of thiazole rings is 1. The zero-order valence-electron chi connectivity index (χ0n) is 10.7. The van der Waals surface area contributed by atoms with Gasteiger partial charge in [-0.25, -0.2) is 4.98 Å². The lowest BCUT2D eigenvalue weighted by Crippen LogP contribution is -2.30. The van der Waals surface area contributed by atoms with Crippen LogP contribution in [0.1, 0.15) is 38.7 Å². The molecule has 0 aliphatic carbocycles. The summed E-state index contributed by atoms with van der Waals surface area (Å²) in [6.45, 7) is 8.12. The number of aromatic nitrogens is 1. The molecule has 2 aromatic rings. The van der Waals surface area contributed by atoms with Gasteiger partial charge in [0.05, 0.1) is 21.9 Å². The number of rotatable bonds is 3. The molecule has 0 spiro atoms. The Bertz CT molecular complexity index is 468. The van der Waals surface area contributed by atoms with Crippen LogP contribution in [0.5, 0.6) is 0 Å². The highest BCUT2D eigenvalue weighted by molar-refractivity contribution is 7.18. The standard InChI is InChI=1S/C13H18N2OS/c1-9(15-16-13(2,3)4)12-14-10-7-5-6-8-11(10)17-12/h5-9,15H,1-4H3. The summed E-state index contributed by atoms with van der Waals surface area (Å²) in [5, 5.41) is 1.05. The molecule has 0 aliphatic heterocycles. The minimum absolute atomic E-state index is 0.103. The van der Waals surface area contributed by atoms with E-state index < -0.39 is 0 Å². The summed E-state index contributed by atoms with van der Waals surface area (Å²) in [4.78, 5) is 10.1. The van der Waals surface area contributed by atoms with Crippen LogP contribution in [0.3, 0.4) is 0 Å². The van der Waals surface area contributed by atoms with Crippen LogP contribution in [-0.4, -0.2) is 10.6 Å². The van der Waals surface area contributed by atoms with E-state index in [1.807, 2.05) is 39.0 Å². The molecule has 17 heavy (non-hydrogen) atoms. The molecule has 1 N–H and O–H groups in total. The molecular formula is C13H18N2OS. The number of hydroxylamine groups is 1. The van der Waals surface area contributed by atoms with Crippen molar-refractivity contribution in [3.63, 3.8) is 0 Å². The number of nitrogens with zero attached hydrogens (tertiary/aromatic N) is 1. The maximum absolute atomic E-state index is 5.56. The van der Waals surface area contributed by atoms with E-state index in [-0.39, 0.29) is 11.6 Å². The molecule has 2 rings (SSSR count). The van der Waals surface area contributed by atoms with Crippen molar-refractivity contribution in [2.24, 2.45) is 0 Å². The molecule has 0 saturated heterocycles. The second kappa shape index (κ2) is 4.72. The van der Waals surface area contributed by atoms with Crippen molar-refractivity contribution in [1.82, 2.24) is 10.5 Å². The highest BCUT2D eigenvalue weighted by Gasteiger charge is 2.16. The van der Waals surface area contributed by atoms with Crippen LogP contribution in [0.25, 0.3) is 10.2 Å². The Kier molecular flexibility index (Phi) is 3.47. The SMILES string of the molecule is CC(NOC(C)(C)C)c1nc2ccccc2s1. The van der Waals surface area contributed by atoms with Gasteiger partial charge in [-0.15, -0.1) is 11.3 Å². The lowest BCUT2D eigenvalue weighted by molar-refractivity contribution is -0.0866. The van der Waals surface area contributed by atoms with Crippen molar-refractivity contribution in [3.8, 4) is 0 Å². The Hall–Kier alpha value is -0.970. The summed E-state index contributed by atoms with van der Waals surface area (Å²) in [7, 11) is 0. The molecule has 1 unspecified atom stereocenters. The smallest absolute Gasteiger partial charge is 0.113 e. The van der Waals surface area contributed by atoms with Crippen LogP contribution in [0.2, 0.25) is 0 Å². The molecule has 0 amide bonds. The first kappa shape index (κ1) is 12.5. The maximum atomic E-state index is 5.56. The van der Waals surface area contributed by atoms with E-state index in [0.29, 0.717) is 0 Å². The summed E-state index contributed by atoms with van der Waals surface area (Å²) in [6.07, 6.45) is 0. The van der Waals surface area contributed by atoms with Gasteiger partial charge in [0.15, 0.2) is 0 Å². The quantitative estimate of drug-likeness (QED) is 0.844. The molecular weight excluding hydrogens is 232 g/mol. The molecule has 0 saturated carbocycles. The van der Waals surface area contributed by atoms with Gasteiger partial charge in [-0.2, -0.15) is 5.48 Å². The van der Waals surface area contributed by atoms with Gasteiger partial charge < -0.3 is 0 Å². The summed E-state index contributed by atoms with van der Waals surface area (Å²) < 4.78 is 1.21. The van der Waals surface area contributed by atoms with Gasteiger partial charge in [0.25, 0.3) is 0 Å². The Balaban J connectivity index is 2.11. The number of nitrogens with one attached hydrogen (secondary N) is 1. The van der Waals surface area contributed by atoms with Gasteiger partial charge in [-0.3, -0.25) is 4.84 Å². The molecule has 1 atom stereocenters. The maximum Gasteiger partial charge on any atom is 0.113 e. The minimum atomic E-state index is -0.190. The second-order valence-corrected chi connectivity index (χ2v) is 6.14. The van der Waals surface area contributed by atoms with Crippen LogP contribution >= 0.6 is 11.3 Å². The van der Waals surface area contributed by atoms with E-state index in [0.717, 1.165) is 10.5 Å². The van der Waals surface area contributed by atoms with Crippen molar-refractivity contribution in [2.45, 2.75) is 39.3 Å². The summed E-state index contributed by atoms with van der Waals surface area (Å²) in [5.74, 6) is 0. The van der Waals surface area contributed by atoms with Crippen LogP contribution in [0.15, 0.2) is 24.3 Å². The predicted molar refractivity (Wildman–Crippen MR) is 72.0 cm³/mol. The van der Waals surface area contributed by atoms with Crippen molar-refractivity contribution < 1.29 is 4.84 Å². The highest BCUT2D eigenvalue weighted by atomic mass is 32.1. The van der Waals surface area contributed by atoms with E-state index in [4.69, 9.17) is 4.84 Å². The van der Waals surface area contributed by atoms with Crippen molar-refractivity contribution in [1.29, 1.82) is 0 Å². The molecule has 0 bridgehead atoms. The third-order valence-electron chi connectivity index (χ3n) is 2.22. The Morgan fingerprint density at radius 1 is 1.29 bits per heavy atom. The normalized spacial score (nSPS) is 14.1. The van der Waals surface area contributed by atoms with E-state index >= 15 is 0 Å². The van der Waals surface area contributed by atoms with Crippen LogP contribution < -0.4 is 5.48 Å². The largest absolute Gasteiger partial charge is 0.295 e. The van der Waals surface area contributed by atoms with E-state index in [2.05, 4.69) is 23.5 Å². The van der Waals surface area contributed by atoms with Gasteiger partial charge in [0, 0.05) is 0 Å². The number of hydrogen-bond donors (Lipinski definition) is 1. The fourth-order valence-electron chi connectivity index (χ4n) is 1.39. The van der Waals surface area contributed by atoms with Crippen molar-refractivity contribution in [3.05, 3.63) is 29.3 Å². The van der Waals surface area contributed by atoms with E-state index in [1.165, 1.54) is 4.70 Å². The lowest BCUT2D eigenvalue weighted by atomic mass is 10.2. The van der Waals surface area contributed by atoms with Crippen LogP contribution in [0.4, 0.5) is 0 Å². The topological polar surface area (TPSA) is 34.1 Å². The van der Waals surface area contributed by atoms with Crippen LogP contribution in [0, 0.1) is 0 Å². The molecule has 0 fully saturated rings. The zero-order chi connectivity index (χ0) is 12.5. The van der Waals surface area contributed by atoms with E-state index in [9.17, 15) is 0 Å². The number of fused-ring (bicyclic) bond motifs is 1. The average molecular weight is 250 g/mol. The first-order chi connectivity index (χ1) is 7.96. The number of para-hydroxylation sites is 1. The highest BCUT2D eigenvalue weighted by Crippen LogP contribution is 2.26. The molecule has 1 aromatic carbocycles. The monoisotopic (exact) mass is 250 g/mol. The predicted octanol–water partition coefficient (Wildman–Crippen LogP) is 3.68. The Morgan fingerprint density at radius 3 is 2.65 bits per heavy atom. The van der Waals surface area contributed by atoms with E-state index in [1.54, 1.807) is 11.3 Å². The third-order valence-corrected chi connectivity index (χ3v) is 3.44. The molecule has 0 radical (unpaired) electrons. The molecule has 4 heteroatoms. The second-order valence-electron chi connectivity index (χ2n) is 5.07. The van der Waals surface area contributed by atoms with Gasteiger partial charge >= 0.3 is 0 Å². The summed E-state index contributed by atoms with van der Waals surface area (Å²) >= 11 is 1.70. The molecule has 1 heterocycles. The van der Waals surface area contributed by atoms with Crippen LogP contribution in [-0.2, 0) is 4.84 Å². The molecule has 92 valence electrons. The molecule has 0 aliphatic rings.